The van der Waals surface area contributed by atoms with Gasteiger partial charge >= 0.3 is 0 Å². The number of benzene rings is 1. The molecule has 106 valence electrons. The van der Waals surface area contributed by atoms with E-state index in [1.807, 2.05) is 12.1 Å². The fraction of sp³-hybridized carbons (Fsp3) is 0.625. The highest BCUT2D eigenvalue weighted by atomic mass is 16.3. The van der Waals surface area contributed by atoms with Gasteiger partial charge in [-0.3, -0.25) is 0 Å². The Labute approximate surface area is 116 Å². The Kier molecular flexibility index (Phi) is 4.83. The van der Waals surface area contributed by atoms with Crippen LogP contribution in [0.2, 0.25) is 0 Å². The first kappa shape index (κ1) is 14.4. The van der Waals surface area contributed by atoms with Crippen LogP contribution in [-0.2, 0) is 0 Å². The van der Waals surface area contributed by atoms with E-state index in [0.29, 0.717) is 6.04 Å². The van der Waals surface area contributed by atoms with Crippen LogP contribution in [0.3, 0.4) is 0 Å². The maximum absolute atomic E-state index is 9.54. The lowest BCUT2D eigenvalue weighted by atomic mass is 10.0. The van der Waals surface area contributed by atoms with E-state index in [4.69, 9.17) is 0 Å². The van der Waals surface area contributed by atoms with Gasteiger partial charge in [-0.25, -0.2) is 0 Å². The van der Waals surface area contributed by atoms with Crippen LogP contribution in [0.1, 0.15) is 38.4 Å². The number of piperidine rings is 1. The van der Waals surface area contributed by atoms with Gasteiger partial charge in [-0.05, 0) is 44.0 Å². The molecule has 3 nitrogen and oxygen atoms in total. The van der Waals surface area contributed by atoms with Crippen molar-refractivity contribution in [2.45, 2.75) is 38.8 Å². The van der Waals surface area contributed by atoms with E-state index < -0.39 is 0 Å². The number of rotatable bonds is 4. The lowest BCUT2D eigenvalue weighted by molar-refractivity contribution is 0.199. The minimum absolute atomic E-state index is 0.382. The van der Waals surface area contributed by atoms with Crippen molar-refractivity contribution in [3.8, 4) is 0 Å². The van der Waals surface area contributed by atoms with Crippen molar-refractivity contribution in [3.63, 3.8) is 0 Å². The number of aliphatic hydroxyl groups excluding tert-OH is 1. The summed E-state index contributed by atoms with van der Waals surface area (Å²) in [5, 5.41) is 9.54. The molecule has 1 atom stereocenters. The van der Waals surface area contributed by atoms with Crippen molar-refractivity contribution in [1.82, 2.24) is 4.90 Å². The zero-order valence-electron chi connectivity index (χ0n) is 12.3. The van der Waals surface area contributed by atoms with Gasteiger partial charge in [0.25, 0.3) is 0 Å². The number of anilines is 1. The van der Waals surface area contributed by atoms with E-state index in [1.54, 1.807) is 6.92 Å². The molecular formula is C16H26N2O. The summed E-state index contributed by atoms with van der Waals surface area (Å²) in [5.41, 5.74) is 2.23. The van der Waals surface area contributed by atoms with Crippen molar-refractivity contribution in [2.24, 2.45) is 0 Å². The summed E-state index contributed by atoms with van der Waals surface area (Å²) in [6, 6.07) is 8.93. The largest absolute Gasteiger partial charge is 0.389 e. The van der Waals surface area contributed by atoms with E-state index in [2.05, 4.69) is 35.9 Å². The molecule has 3 heteroatoms. The fourth-order valence-electron chi connectivity index (χ4n) is 2.82. The molecule has 1 aliphatic rings. The number of hydrogen-bond acceptors (Lipinski definition) is 3. The molecule has 0 aliphatic carbocycles. The van der Waals surface area contributed by atoms with Crippen molar-refractivity contribution < 1.29 is 5.11 Å². The molecule has 0 spiro atoms. The average molecular weight is 262 g/mol. The Bertz CT molecular complexity index is 380. The van der Waals surface area contributed by atoms with Crippen molar-refractivity contribution in [3.05, 3.63) is 29.8 Å². The third-order valence-electron chi connectivity index (χ3n) is 4.33. The summed E-state index contributed by atoms with van der Waals surface area (Å²) >= 11 is 0. The summed E-state index contributed by atoms with van der Waals surface area (Å²) in [7, 11) is 2.18. The molecule has 1 aliphatic heterocycles. The van der Waals surface area contributed by atoms with Gasteiger partial charge in [0, 0.05) is 31.9 Å². The van der Waals surface area contributed by atoms with Crippen molar-refractivity contribution >= 4 is 5.69 Å². The highest BCUT2D eigenvalue weighted by molar-refractivity contribution is 5.48. The molecule has 2 rings (SSSR count). The quantitative estimate of drug-likeness (QED) is 0.903. The van der Waals surface area contributed by atoms with Gasteiger partial charge in [0.15, 0.2) is 0 Å². The zero-order valence-corrected chi connectivity index (χ0v) is 12.3. The third kappa shape index (κ3) is 3.48. The van der Waals surface area contributed by atoms with E-state index in [1.165, 1.54) is 38.2 Å². The van der Waals surface area contributed by atoms with Crippen LogP contribution in [0.15, 0.2) is 24.3 Å². The average Bonchev–Trinajstić information content (AvgIpc) is 2.46. The SMILES string of the molecule is CCN1CCC(N(C)c2ccc(C(C)O)cc2)CC1. The molecule has 1 aromatic rings. The van der Waals surface area contributed by atoms with E-state index in [0.717, 1.165) is 5.56 Å². The normalized spacial score (nSPS) is 19.4. The van der Waals surface area contributed by atoms with Crippen molar-refractivity contribution in [1.29, 1.82) is 0 Å². The second-order valence-corrected chi connectivity index (χ2v) is 5.54. The molecule has 0 aromatic heterocycles. The number of hydrogen-bond donors (Lipinski definition) is 1. The monoisotopic (exact) mass is 262 g/mol. The topological polar surface area (TPSA) is 26.7 Å². The molecular weight excluding hydrogens is 236 g/mol. The Morgan fingerprint density at radius 1 is 1.26 bits per heavy atom. The fourth-order valence-corrected chi connectivity index (χ4v) is 2.82. The molecule has 1 fully saturated rings. The van der Waals surface area contributed by atoms with Gasteiger partial charge in [-0.2, -0.15) is 0 Å². The highest BCUT2D eigenvalue weighted by Crippen LogP contribution is 2.23. The molecule has 1 unspecified atom stereocenters. The zero-order chi connectivity index (χ0) is 13.8. The second-order valence-electron chi connectivity index (χ2n) is 5.54. The molecule has 0 amide bonds. The van der Waals surface area contributed by atoms with Crippen molar-refractivity contribution in [2.75, 3.05) is 31.6 Å². The predicted octanol–water partition coefficient (Wildman–Crippen LogP) is 2.66. The van der Waals surface area contributed by atoms with E-state index >= 15 is 0 Å². The van der Waals surface area contributed by atoms with Crippen LogP contribution < -0.4 is 4.90 Å². The standard InChI is InChI=1S/C16H26N2O/c1-4-18-11-9-16(10-12-18)17(3)15-7-5-14(6-8-15)13(2)19/h5-8,13,16,19H,4,9-12H2,1-3H3. The van der Waals surface area contributed by atoms with Gasteiger partial charge in [-0.15, -0.1) is 0 Å². The van der Waals surface area contributed by atoms with Gasteiger partial charge in [0.2, 0.25) is 0 Å². The van der Waals surface area contributed by atoms with Gasteiger partial charge in [0.1, 0.15) is 0 Å². The molecule has 19 heavy (non-hydrogen) atoms. The van der Waals surface area contributed by atoms with Crippen LogP contribution in [0.25, 0.3) is 0 Å². The highest BCUT2D eigenvalue weighted by Gasteiger charge is 2.21. The van der Waals surface area contributed by atoms with Crippen LogP contribution in [-0.4, -0.2) is 42.7 Å². The van der Waals surface area contributed by atoms with Gasteiger partial charge < -0.3 is 14.9 Å². The summed E-state index contributed by atoms with van der Waals surface area (Å²) < 4.78 is 0. The second kappa shape index (κ2) is 6.40. The van der Waals surface area contributed by atoms with E-state index in [9.17, 15) is 5.11 Å². The van der Waals surface area contributed by atoms with Crippen LogP contribution in [0.5, 0.6) is 0 Å². The Morgan fingerprint density at radius 3 is 2.32 bits per heavy atom. The lowest BCUT2D eigenvalue weighted by Crippen LogP contribution is -2.43. The Morgan fingerprint density at radius 2 is 1.84 bits per heavy atom. The first-order valence-electron chi connectivity index (χ1n) is 7.35. The van der Waals surface area contributed by atoms with Crippen LogP contribution >= 0.6 is 0 Å². The molecule has 0 radical (unpaired) electrons. The Hall–Kier alpha value is -1.06. The number of aliphatic hydroxyl groups is 1. The minimum Gasteiger partial charge on any atom is -0.389 e. The Balaban J connectivity index is 1.97. The maximum Gasteiger partial charge on any atom is 0.0761 e. The smallest absolute Gasteiger partial charge is 0.0761 e. The van der Waals surface area contributed by atoms with Gasteiger partial charge in [0.05, 0.1) is 6.10 Å². The first-order valence-corrected chi connectivity index (χ1v) is 7.35. The summed E-state index contributed by atoms with van der Waals surface area (Å²) in [5.74, 6) is 0. The molecule has 1 heterocycles. The first-order chi connectivity index (χ1) is 9.11. The number of nitrogens with zero attached hydrogens (tertiary/aromatic N) is 2. The summed E-state index contributed by atoms with van der Waals surface area (Å²) in [6.45, 7) is 7.62. The maximum atomic E-state index is 9.54. The van der Waals surface area contributed by atoms with Crippen LogP contribution in [0, 0.1) is 0 Å². The van der Waals surface area contributed by atoms with E-state index in [-0.39, 0.29) is 6.10 Å². The minimum atomic E-state index is -0.382. The molecule has 0 saturated carbocycles. The predicted molar refractivity (Wildman–Crippen MR) is 80.6 cm³/mol. The molecule has 1 saturated heterocycles. The lowest BCUT2D eigenvalue weighted by Gasteiger charge is -2.37. The number of likely N-dealkylation sites (tertiary alicyclic amines) is 1. The third-order valence-corrected chi connectivity index (χ3v) is 4.33. The molecule has 1 aromatic carbocycles. The summed E-state index contributed by atoms with van der Waals surface area (Å²) in [6.07, 6.45) is 2.09. The molecule has 1 N–H and O–H groups in total. The van der Waals surface area contributed by atoms with Crippen LogP contribution in [0.4, 0.5) is 5.69 Å². The summed E-state index contributed by atoms with van der Waals surface area (Å²) in [4.78, 5) is 4.90. The molecule has 0 bridgehead atoms. The van der Waals surface area contributed by atoms with Gasteiger partial charge in [-0.1, -0.05) is 19.1 Å².